The third-order valence-corrected chi connectivity index (χ3v) is 3.46. The van der Waals surface area contributed by atoms with Crippen LogP contribution in [0.2, 0.25) is 0 Å². The molecule has 0 aliphatic carbocycles. The Morgan fingerprint density at radius 3 is 2.47 bits per heavy atom. The molecule has 1 heterocycles. The predicted octanol–water partition coefficient (Wildman–Crippen LogP) is 3.47. The molecule has 96 valence electrons. The summed E-state index contributed by atoms with van der Waals surface area (Å²) in [5.41, 5.74) is 0.621. The van der Waals surface area contributed by atoms with Crippen LogP contribution in [-0.2, 0) is 0 Å². The maximum Gasteiger partial charge on any atom is 0.206 e. The number of benzene rings is 2. The second-order valence-corrected chi connectivity index (χ2v) is 5.15. The quantitative estimate of drug-likeness (QED) is 0.795. The summed E-state index contributed by atoms with van der Waals surface area (Å²) in [7, 11) is 0. The normalized spacial score (nSPS) is 17.0. The molecule has 1 aliphatic rings. The van der Waals surface area contributed by atoms with E-state index in [1.165, 1.54) is 0 Å². The third-order valence-electron chi connectivity index (χ3n) is 2.93. The maximum absolute atomic E-state index is 12.3. The topological polar surface area (TPSA) is 35.5 Å². The van der Waals surface area contributed by atoms with Gasteiger partial charge in [0.25, 0.3) is 0 Å². The van der Waals surface area contributed by atoms with Crippen LogP contribution in [0, 0.1) is 0 Å². The highest BCUT2D eigenvalue weighted by molar-refractivity contribution is 9.10. The van der Waals surface area contributed by atoms with E-state index in [1.807, 2.05) is 30.3 Å². The molecule has 0 aromatic heterocycles. The first-order valence-electron chi connectivity index (χ1n) is 5.92. The monoisotopic (exact) mass is 318 g/mol. The summed E-state index contributed by atoms with van der Waals surface area (Å²) >= 11 is 3.34. The van der Waals surface area contributed by atoms with Crippen molar-refractivity contribution in [1.82, 2.24) is 0 Å². The molecule has 1 atom stereocenters. The fourth-order valence-electron chi connectivity index (χ4n) is 1.95. The lowest BCUT2D eigenvalue weighted by molar-refractivity contribution is 0.0586. The van der Waals surface area contributed by atoms with E-state index in [4.69, 9.17) is 9.47 Å². The van der Waals surface area contributed by atoms with E-state index in [2.05, 4.69) is 15.9 Å². The van der Waals surface area contributed by atoms with Gasteiger partial charge in [-0.05, 0) is 24.3 Å². The minimum atomic E-state index is -0.587. The van der Waals surface area contributed by atoms with E-state index in [1.54, 1.807) is 18.2 Å². The second-order valence-electron chi connectivity index (χ2n) is 4.24. The Hall–Kier alpha value is -1.81. The zero-order chi connectivity index (χ0) is 13.2. The van der Waals surface area contributed by atoms with Gasteiger partial charge in [0, 0.05) is 10.0 Å². The summed E-state index contributed by atoms with van der Waals surface area (Å²) in [6.07, 6.45) is -0.587. The lowest BCUT2D eigenvalue weighted by Gasteiger charge is -2.25. The van der Waals surface area contributed by atoms with Gasteiger partial charge in [-0.3, -0.25) is 4.79 Å². The van der Waals surface area contributed by atoms with Crippen molar-refractivity contribution in [3.8, 4) is 11.5 Å². The van der Waals surface area contributed by atoms with E-state index >= 15 is 0 Å². The summed E-state index contributed by atoms with van der Waals surface area (Å²) in [4.78, 5) is 12.3. The van der Waals surface area contributed by atoms with E-state index in [-0.39, 0.29) is 12.4 Å². The van der Waals surface area contributed by atoms with Crippen molar-refractivity contribution in [2.24, 2.45) is 0 Å². The number of fused-ring (bicyclic) bond motifs is 1. The Balaban J connectivity index is 1.81. The van der Waals surface area contributed by atoms with Crippen molar-refractivity contribution in [2.75, 3.05) is 6.61 Å². The van der Waals surface area contributed by atoms with Gasteiger partial charge in [-0.2, -0.15) is 0 Å². The smallest absolute Gasteiger partial charge is 0.206 e. The lowest BCUT2D eigenvalue weighted by Crippen LogP contribution is -2.36. The van der Waals surface area contributed by atoms with Crippen LogP contribution >= 0.6 is 15.9 Å². The Morgan fingerprint density at radius 2 is 1.74 bits per heavy atom. The largest absolute Gasteiger partial charge is 0.485 e. The van der Waals surface area contributed by atoms with Crippen molar-refractivity contribution in [3.05, 3.63) is 58.6 Å². The Labute approximate surface area is 119 Å². The molecule has 0 radical (unpaired) electrons. The average Bonchev–Trinajstić information content (AvgIpc) is 2.47. The molecule has 0 spiro atoms. The molecule has 4 heteroatoms. The predicted molar refractivity (Wildman–Crippen MR) is 74.8 cm³/mol. The highest BCUT2D eigenvalue weighted by atomic mass is 79.9. The van der Waals surface area contributed by atoms with Crippen molar-refractivity contribution in [2.45, 2.75) is 6.10 Å². The van der Waals surface area contributed by atoms with E-state index in [9.17, 15) is 4.79 Å². The summed E-state index contributed by atoms with van der Waals surface area (Å²) in [6.45, 7) is 0.242. The van der Waals surface area contributed by atoms with Crippen LogP contribution in [0.5, 0.6) is 11.5 Å². The summed E-state index contributed by atoms with van der Waals surface area (Å²) in [5.74, 6) is 1.23. The number of hydrogen-bond donors (Lipinski definition) is 0. The molecule has 3 nitrogen and oxygen atoms in total. The lowest BCUT2D eigenvalue weighted by atomic mass is 10.1. The molecule has 1 unspecified atom stereocenters. The Bertz CT molecular complexity index is 607. The standard InChI is InChI=1S/C15H11BrO3/c16-11-7-5-10(6-8-11)15(17)14-9-18-12-3-1-2-4-13(12)19-14/h1-8,14H,9H2. The van der Waals surface area contributed by atoms with Crippen LogP contribution in [0.4, 0.5) is 0 Å². The first-order valence-corrected chi connectivity index (χ1v) is 6.71. The van der Waals surface area contributed by atoms with Crippen LogP contribution in [-0.4, -0.2) is 18.5 Å². The number of carbonyl (C=O) groups is 1. The summed E-state index contributed by atoms with van der Waals surface area (Å²) < 4.78 is 12.2. The van der Waals surface area contributed by atoms with Crippen molar-refractivity contribution < 1.29 is 14.3 Å². The number of ketones is 1. The highest BCUT2D eigenvalue weighted by Gasteiger charge is 2.27. The van der Waals surface area contributed by atoms with Crippen LogP contribution < -0.4 is 9.47 Å². The second kappa shape index (κ2) is 5.05. The molecule has 0 N–H and O–H groups in total. The number of halogens is 1. The van der Waals surface area contributed by atoms with Crippen molar-refractivity contribution in [3.63, 3.8) is 0 Å². The molecule has 0 amide bonds. The summed E-state index contributed by atoms with van der Waals surface area (Å²) in [5, 5.41) is 0. The Kier molecular flexibility index (Phi) is 3.25. The molecule has 0 saturated carbocycles. The van der Waals surface area contributed by atoms with E-state index in [0.717, 1.165) is 4.47 Å². The molecule has 0 bridgehead atoms. The van der Waals surface area contributed by atoms with Crippen LogP contribution in [0.15, 0.2) is 53.0 Å². The molecule has 3 rings (SSSR count). The van der Waals surface area contributed by atoms with Gasteiger partial charge in [0.05, 0.1) is 0 Å². The van der Waals surface area contributed by atoms with Gasteiger partial charge in [0.1, 0.15) is 6.61 Å². The molecule has 0 saturated heterocycles. The fourth-order valence-corrected chi connectivity index (χ4v) is 2.21. The minimum Gasteiger partial charge on any atom is -0.485 e. The fraction of sp³-hybridized carbons (Fsp3) is 0.133. The highest BCUT2D eigenvalue weighted by Crippen LogP contribution is 2.31. The molecule has 1 aliphatic heterocycles. The average molecular weight is 319 g/mol. The number of hydrogen-bond acceptors (Lipinski definition) is 3. The number of Topliss-reactive ketones (excluding diaryl/α,β-unsaturated/α-hetero) is 1. The van der Waals surface area contributed by atoms with Gasteiger partial charge in [-0.15, -0.1) is 0 Å². The number of carbonyl (C=O) groups excluding carboxylic acids is 1. The molecular weight excluding hydrogens is 308 g/mol. The van der Waals surface area contributed by atoms with Gasteiger partial charge < -0.3 is 9.47 Å². The van der Waals surface area contributed by atoms with Crippen LogP contribution in [0.25, 0.3) is 0 Å². The zero-order valence-electron chi connectivity index (χ0n) is 10.0. The zero-order valence-corrected chi connectivity index (χ0v) is 11.6. The molecule has 2 aromatic carbocycles. The van der Waals surface area contributed by atoms with Gasteiger partial charge in [-0.1, -0.05) is 40.2 Å². The molecule has 19 heavy (non-hydrogen) atoms. The van der Waals surface area contributed by atoms with Crippen LogP contribution in [0.3, 0.4) is 0 Å². The van der Waals surface area contributed by atoms with Crippen molar-refractivity contribution >= 4 is 21.7 Å². The maximum atomic E-state index is 12.3. The summed E-state index contributed by atoms with van der Waals surface area (Å²) in [6, 6.07) is 14.6. The van der Waals surface area contributed by atoms with E-state index in [0.29, 0.717) is 17.1 Å². The molecular formula is C15H11BrO3. The van der Waals surface area contributed by atoms with Gasteiger partial charge in [-0.25, -0.2) is 0 Å². The first kappa shape index (κ1) is 12.2. The van der Waals surface area contributed by atoms with Gasteiger partial charge >= 0.3 is 0 Å². The Morgan fingerprint density at radius 1 is 1.05 bits per heavy atom. The molecule has 0 fully saturated rings. The van der Waals surface area contributed by atoms with Gasteiger partial charge in [0.2, 0.25) is 5.78 Å². The number of rotatable bonds is 2. The minimum absolute atomic E-state index is 0.0676. The number of para-hydroxylation sites is 2. The van der Waals surface area contributed by atoms with Crippen LogP contribution in [0.1, 0.15) is 10.4 Å². The molecule has 2 aromatic rings. The number of ether oxygens (including phenoxy) is 2. The van der Waals surface area contributed by atoms with Gasteiger partial charge in [0.15, 0.2) is 17.6 Å². The third kappa shape index (κ3) is 2.49. The van der Waals surface area contributed by atoms with Crippen molar-refractivity contribution in [1.29, 1.82) is 0 Å². The first-order chi connectivity index (χ1) is 9.24. The van der Waals surface area contributed by atoms with E-state index < -0.39 is 6.10 Å². The SMILES string of the molecule is O=C(c1ccc(Br)cc1)C1COc2ccccc2O1.